The van der Waals surface area contributed by atoms with Crippen molar-refractivity contribution in [1.29, 1.82) is 0 Å². The topological polar surface area (TPSA) is 17.1 Å². The van der Waals surface area contributed by atoms with Crippen molar-refractivity contribution in [2.24, 2.45) is 0 Å². The fourth-order valence-electron chi connectivity index (χ4n) is 0. The molecule has 0 aromatic heterocycles. The summed E-state index contributed by atoms with van der Waals surface area (Å²) in [5, 5.41) is 0. The van der Waals surface area contributed by atoms with Gasteiger partial charge in [-0.25, -0.2) is 0 Å². The van der Waals surface area contributed by atoms with Gasteiger partial charge >= 0.3 is 51.2 Å². The molecule has 0 amide bonds. The molecule has 0 spiro atoms. The number of hydrogen-bond donors (Lipinski definition) is 0. The van der Waals surface area contributed by atoms with Gasteiger partial charge in [0, 0.05) is 0 Å². The minimum absolute atomic E-state index is 0.611. The van der Waals surface area contributed by atoms with Crippen LogP contribution in [0.15, 0.2) is 0 Å². The van der Waals surface area contributed by atoms with Crippen molar-refractivity contribution < 1.29 is 35.0 Å². The third-order valence-electron chi connectivity index (χ3n) is 0. The molecular weight excluding hydrogens is 150 g/mol. The zero-order valence-electron chi connectivity index (χ0n) is 1.93. The van der Waals surface area contributed by atoms with E-state index in [-0.39, 0.29) is 0 Å². The van der Waals surface area contributed by atoms with Crippen molar-refractivity contribution in [2.45, 2.75) is 0 Å². The van der Waals surface area contributed by atoms with Crippen LogP contribution in [0.1, 0.15) is 0 Å². The molecule has 0 fully saturated rings. The van der Waals surface area contributed by atoms with Crippen molar-refractivity contribution in [2.75, 3.05) is 0 Å². The minimum atomic E-state index is 0.611. The van der Waals surface area contributed by atoms with Gasteiger partial charge in [-0.05, 0) is 0 Å². The molecule has 0 aliphatic carbocycles. The van der Waals surface area contributed by atoms with Crippen molar-refractivity contribution in [1.82, 2.24) is 0 Å². The van der Waals surface area contributed by atoms with Crippen LogP contribution in [0.2, 0.25) is 0 Å². The van der Waals surface area contributed by atoms with Gasteiger partial charge in [-0.2, -0.15) is 0 Å². The maximum absolute atomic E-state index is 8.28. The molecule has 0 heterocycles. The third kappa shape index (κ3) is 9.63. The average molecular weight is 151 g/mol. The molecule has 0 N–H and O–H groups in total. The Hall–Kier alpha value is 1.54. The van der Waals surface area contributed by atoms with Gasteiger partial charge in [0.05, 0.1) is 0 Å². The zero-order chi connectivity index (χ0) is 4.00. The van der Waals surface area contributed by atoms with Crippen LogP contribution < -0.4 is 0 Å². The van der Waals surface area contributed by atoms with Crippen LogP contribution in [-0.2, 0) is 35.0 Å². The summed E-state index contributed by atoms with van der Waals surface area (Å²) in [4.78, 5) is 0. The summed E-state index contributed by atoms with van der Waals surface area (Å²) < 4.78 is 8.28. The Morgan fingerprint density at radius 1 is 1.50 bits per heavy atom. The van der Waals surface area contributed by atoms with E-state index in [9.17, 15) is 0 Å². The zero-order valence-corrected chi connectivity index (χ0v) is 5.89. The van der Waals surface area contributed by atoms with Crippen LogP contribution in [0.3, 0.4) is 0 Å². The first-order chi connectivity index (χ1) is 2.00. The molecule has 1 nitrogen and oxygen atoms in total. The van der Waals surface area contributed by atoms with Crippen molar-refractivity contribution in [3.8, 4) is 0 Å². The van der Waals surface area contributed by atoms with E-state index in [1.54, 1.807) is 18.5 Å². The van der Waals surface area contributed by atoms with E-state index in [0.717, 1.165) is 0 Å². The second kappa shape index (κ2) is 24.0. The summed E-state index contributed by atoms with van der Waals surface area (Å²) in [6.45, 7) is 0. The Labute approximate surface area is 51.0 Å². The third-order valence-corrected chi connectivity index (χ3v) is 0. The summed E-state index contributed by atoms with van der Waals surface area (Å²) in [5.74, 6) is 0. The van der Waals surface area contributed by atoms with Gasteiger partial charge in [0.25, 0.3) is 0 Å². The Kier molecular flexibility index (Phi) is 54.6. The normalized spacial score (nSPS) is 2.00. The second-order valence-electron chi connectivity index (χ2n) is 0. The monoisotopic (exact) mass is 150 g/mol. The molecule has 0 aromatic carbocycles. The average Bonchev–Trinajstić information content (AvgIpc) is 1.50. The van der Waals surface area contributed by atoms with Crippen LogP contribution in [0.5, 0.6) is 0 Å². The van der Waals surface area contributed by atoms with Gasteiger partial charge in [0.2, 0.25) is 0 Å². The van der Waals surface area contributed by atoms with Crippen molar-refractivity contribution >= 4 is 16.2 Å². The molecular formula is HAlNiOTi. The molecule has 0 aliphatic rings. The summed E-state index contributed by atoms with van der Waals surface area (Å²) >= 11 is 6.11. The maximum atomic E-state index is 8.28. The molecule has 0 radical (unpaired) electrons. The van der Waals surface area contributed by atoms with Gasteiger partial charge < -0.3 is 0 Å². The Balaban J connectivity index is 0. The van der Waals surface area contributed by atoms with Crippen LogP contribution >= 0.6 is 0 Å². The Bertz CT molecular complexity index is 8.00. The molecule has 4 heteroatoms. The molecule has 4 heavy (non-hydrogen) atoms. The molecule has 0 aliphatic heterocycles. The van der Waals surface area contributed by atoms with E-state index in [4.69, 9.17) is 3.80 Å². The fraction of sp³-hybridized carbons (Fsp3) is 0. The summed E-state index contributed by atoms with van der Waals surface area (Å²) in [6.07, 6.45) is 0. The predicted molar refractivity (Wildman–Crippen MR) is 7.84 cm³/mol. The van der Waals surface area contributed by atoms with Crippen LogP contribution in [0.4, 0.5) is 0 Å². The van der Waals surface area contributed by atoms with E-state index in [0.29, 0.717) is 16.2 Å². The quantitative estimate of drug-likeness (QED) is 0.415. The predicted octanol–water partition coefficient (Wildman–Crippen LogP) is -0.772. The van der Waals surface area contributed by atoms with E-state index in [2.05, 4.69) is 12.7 Å². The summed E-state index contributed by atoms with van der Waals surface area (Å²) in [7, 11) is 0. The van der Waals surface area contributed by atoms with Crippen LogP contribution in [0, 0.1) is 0 Å². The molecule has 0 saturated carbocycles. The van der Waals surface area contributed by atoms with E-state index in [1.807, 2.05) is 0 Å². The summed E-state index contributed by atoms with van der Waals surface area (Å²) in [5.41, 5.74) is 0. The van der Waals surface area contributed by atoms with E-state index >= 15 is 0 Å². The Morgan fingerprint density at radius 3 is 1.50 bits per heavy atom. The summed E-state index contributed by atoms with van der Waals surface area (Å²) in [6, 6.07) is 0. The first-order valence-corrected chi connectivity index (χ1v) is 3.55. The van der Waals surface area contributed by atoms with Gasteiger partial charge in [0.1, 0.15) is 0 Å². The van der Waals surface area contributed by atoms with Crippen LogP contribution in [-0.4, -0.2) is 16.2 Å². The first-order valence-electron chi connectivity index (χ1n) is 0.447. The van der Waals surface area contributed by atoms with Gasteiger partial charge in [-0.15, -0.1) is 0 Å². The van der Waals surface area contributed by atoms with Gasteiger partial charge in [-0.3, -0.25) is 0 Å². The standard InChI is InChI=1S/Al.Ni.O.Ti.H. The first kappa shape index (κ1) is 9.11. The Morgan fingerprint density at radius 2 is 1.50 bits per heavy atom. The van der Waals surface area contributed by atoms with Crippen LogP contribution in [0.25, 0.3) is 0 Å². The number of hydrogen-bond acceptors (Lipinski definition) is 1. The number of rotatable bonds is 0. The molecule has 0 rings (SSSR count). The molecule has 0 unspecified atom stereocenters. The SMILES string of the molecule is [O]=[AlH].[Ti][Ni]. The van der Waals surface area contributed by atoms with E-state index < -0.39 is 0 Å². The molecule has 0 aromatic rings. The molecule has 24 valence electrons. The molecule has 0 atom stereocenters. The van der Waals surface area contributed by atoms with Crippen molar-refractivity contribution in [3.63, 3.8) is 0 Å². The van der Waals surface area contributed by atoms with Gasteiger partial charge in [-0.1, -0.05) is 0 Å². The second-order valence-corrected chi connectivity index (χ2v) is 0. The fourth-order valence-corrected chi connectivity index (χ4v) is 0. The molecule has 0 saturated heterocycles. The molecule has 0 bridgehead atoms. The van der Waals surface area contributed by atoms with E-state index in [1.165, 1.54) is 0 Å². The van der Waals surface area contributed by atoms with Crippen molar-refractivity contribution in [3.05, 3.63) is 0 Å². The van der Waals surface area contributed by atoms with Gasteiger partial charge in [0.15, 0.2) is 0 Å².